The van der Waals surface area contributed by atoms with Gasteiger partial charge in [0.15, 0.2) is 0 Å². The van der Waals surface area contributed by atoms with Gasteiger partial charge in [0.25, 0.3) is 0 Å². The minimum atomic E-state index is -0.714. The van der Waals surface area contributed by atoms with Gasteiger partial charge in [0.1, 0.15) is 11.6 Å². The van der Waals surface area contributed by atoms with Crippen molar-refractivity contribution in [2.24, 2.45) is 0 Å². The Hall–Kier alpha value is -1.07. The van der Waals surface area contributed by atoms with Crippen LogP contribution in [0.5, 0.6) is 0 Å². The van der Waals surface area contributed by atoms with Crippen LogP contribution in [0.1, 0.15) is 0 Å². The molecule has 0 radical (unpaired) electrons. The van der Waals surface area contributed by atoms with E-state index in [9.17, 15) is 8.78 Å². The minimum Gasteiger partial charge on any atom is -0.395 e. The van der Waals surface area contributed by atoms with Crippen molar-refractivity contribution < 1.29 is 8.78 Å². The van der Waals surface area contributed by atoms with Crippen LogP contribution in [0.25, 0.3) is 0 Å². The van der Waals surface area contributed by atoms with Crippen LogP contribution in [-0.2, 0) is 0 Å². The summed E-state index contributed by atoms with van der Waals surface area (Å²) >= 11 is 2.76. The fourth-order valence-corrected chi connectivity index (χ4v) is 2.89. The molecular weight excluding hydrogens is 236 g/mol. The van der Waals surface area contributed by atoms with E-state index >= 15 is 0 Å². The van der Waals surface area contributed by atoms with Crippen molar-refractivity contribution in [3.63, 3.8) is 0 Å². The number of anilines is 1. The number of hydrogen-bond acceptors (Lipinski definition) is 3. The van der Waals surface area contributed by atoms with Crippen LogP contribution in [0.15, 0.2) is 38.8 Å². The number of nitrogen functional groups attached to an aromatic ring is 1. The largest absolute Gasteiger partial charge is 0.395 e. The van der Waals surface area contributed by atoms with E-state index in [4.69, 9.17) is 5.73 Å². The monoisotopic (exact) mass is 243 g/mol. The summed E-state index contributed by atoms with van der Waals surface area (Å²) in [6, 6.07) is 5.77. The average Bonchev–Trinajstić information content (AvgIpc) is 2.66. The Labute approximate surface area is 93.9 Å². The SMILES string of the molecule is Nc1c(F)cc(F)cc1Sc1cccs1. The summed E-state index contributed by atoms with van der Waals surface area (Å²) < 4.78 is 27.0. The molecule has 0 unspecified atom stereocenters. The number of thiophene rings is 1. The molecule has 0 saturated heterocycles. The zero-order chi connectivity index (χ0) is 10.8. The first-order valence-electron chi connectivity index (χ1n) is 4.12. The summed E-state index contributed by atoms with van der Waals surface area (Å²) in [5.74, 6) is -1.32. The van der Waals surface area contributed by atoms with E-state index in [2.05, 4.69) is 0 Å². The van der Waals surface area contributed by atoms with Crippen LogP contribution in [0.2, 0.25) is 0 Å². The number of nitrogens with two attached hydrogens (primary N) is 1. The van der Waals surface area contributed by atoms with Gasteiger partial charge in [-0.2, -0.15) is 0 Å². The highest BCUT2D eigenvalue weighted by Gasteiger charge is 2.09. The number of halogens is 2. The Balaban J connectivity index is 2.36. The van der Waals surface area contributed by atoms with Gasteiger partial charge < -0.3 is 5.73 Å². The summed E-state index contributed by atoms with van der Waals surface area (Å²) in [5, 5.41) is 1.90. The first-order chi connectivity index (χ1) is 7.16. The van der Waals surface area contributed by atoms with Crippen molar-refractivity contribution >= 4 is 28.8 Å². The first kappa shape index (κ1) is 10.4. The van der Waals surface area contributed by atoms with Gasteiger partial charge in [-0.15, -0.1) is 11.3 Å². The molecule has 0 bridgehead atoms. The molecule has 0 aliphatic rings. The predicted octanol–water partition coefficient (Wildman–Crippen LogP) is 3.76. The highest BCUT2D eigenvalue weighted by molar-refractivity contribution is 8.01. The van der Waals surface area contributed by atoms with Gasteiger partial charge >= 0.3 is 0 Å². The molecule has 0 atom stereocenters. The van der Waals surface area contributed by atoms with Gasteiger partial charge in [0.05, 0.1) is 9.90 Å². The molecule has 0 amide bonds. The lowest BCUT2D eigenvalue weighted by Gasteiger charge is -2.04. The maximum absolute atomic E-state index is 13.1. The molecular formula is C10H7F2NS2. The maximum atomic E-state index is 13.1. The summed E-state index contributed by atoms with van der Waals surface area (Å²) in [6.45, 7) is 0. The van der Waals surface area contributed by atoms with Crippen molar-refractivity contribution in [2.75, 3.05) is 5.73 Å². The van der Waals surface area contributed by atoms with Crippen LogP contribution in [0.4, 0.5) is 14.5 Å². The molecule has 78 valence electrons. The molecule has 1 heterocycles. The zero-order valence-corrected chi connectivity index (χ0v) is 9.17. The Morgan fingerprint density at radius 2 is 2.07 bits per heavy atom. The van der Waals surface area contributed by atoms with E-state index in [1.165, 1.54) is 29.2 Å². The van der Waals surface area contributed by atoms with Gasteiger partial charge in [-0.05, 0) is 17.5 Å². The van der Waals surface area contributed by atoms with Gasteiger partial charge in [-0.3, -0.25) is 0 Å². The average molecular weight is 243 g/mol. The van der Waals surface area contributed by atoms with Crippen molar-refractivity contribution in [2.45, 2.75) is 9.10 Å². The molecule has 2 aromatic rings. The molecule has 15 heavy (non-hydrogen) atoms. The lowest BCUT2D eigenvalue weighted by atomic mass is 10.3. The molecule has 1 aromatic heterocycles. The summed E-state index contributed by atoms with van der Waals surface area (Å²) in [7, 11) is 0. The van der Waals surface area contributed by atoms with Crippen LogP contribution in [0, 0.1) is 11.6 Å². The lowest BCUT2D eigenvalue weighted by molar-refractivity contribution is 0.581. The molecule has 0 aliphatic carbocycles. The maximum Gasteiger partial charge on any atom is 0.150 e. The fraction of sp³-hybridized carbons (Fsp3) is 0. The molecule has 0 saturated carbocycles. The zero-order valence-electron chi connectivity index (χ0n) is 7.54. The van der Waals surface area contributed by atoms with E-state index in [-0.39, 0.29) is 5.69 Å². The molecule has 0 spiro atoms. The smallest absolute Gasteiger partial charge is 0.150 e. The first-order valence-corrected chi connectivity index (χ1v) is 5.82. The van der Waals surface area contributed by atoms with Crippen LogP contribution >= 0.6 is 23.1 Å². The predicted molar refractivity (Wildman–Crippen MR) is 59.2 cm³/mol. The molecule has 0 fully saturated rings. The topological polar surface area (TPSA) is 26.0 Å². The summed E-state index contributed by atoms with van der Waals surface area (Å²) in [4.78, 5) is 0.412. The van der Waals surface area contributed by atoms with Crippen molar-refractivity contribution in [3.05, 3.63) is 41.3 Å². The van der Waals surface area contributed by atoms with Crippen molar-refractivity contribution in [1.82, 2.24) is 0 Å². The third-order valence-electron chi connectivity index (χ3n) is 1.76. The Morgan fingerprint density at radius 3 is 2.73 bits per heavy atom. The van der Waals surface area contributed by atoms with Crippen LogP contribution in [0.3, 0.4) is 0 Å². The Morgan fingerprint density at radius 1 is 1.27 bits per heavy atom. The highest BCUT2D eigenvalue weighted by atomic mass is 32.2. The van der Waals surface area contributed by atoms with E-state index < -0.39 is 11.6 Å². The molecule has 2 N–H and O–H groups in total. The number of rotatable bonds is 2. The van der Waals surface area contributed by atoms with Gasteiger partial charge in [0.2, 0.25) is 0 Å². The Bertz CT molecular complexity index is 469. The molecule has 0 aliphatic heterocycles. The van der Waals surface area contributed by atoms with E-state index in [1.54, 1.807) is 0 Å². The van der Waals surface area contributed by atoms with Gasteiger partial charge in [-0.1, -0.05) is 17.8 Å². The second-order valence-electron chi connectivity index (χ2n) is 2.83. The van der Waals surface area contributed by atoms with E-state index in [1.807, 2.05) is 17.5 Å². The lowest BCUT2D eigenvalue weighted by Crippen LogP contribution is -1.94. The standard InChI is InChI=1S/C10H7F2NS2/c11-6-4-7(12)10(13)8(5-6)15-9-2-1-3-14-9/h1-5H,13H2. The van der Waals surface area contributed by atoms with Crippen LogP contribution < -0.4 is 5.73 Å². The van der Waals surface area contributed by atoms with Gasteiger partial charge in [-0.25, -0.2) is 8.78 Å². The third-order valence-corrected chi connectivity index (χ3v) is 3.86. The van der Waals surface area contributed by atoms with E-state index in [0.29, 0.717) is 4.90 Å². The quantitative estimate of drug-likeness (QED) is 0.813. The normalized spacial score (nSPS) is 10.5. The van der Waals surface area contributed by atoms with E-state index in [0.717, 1.165) is 10.3 Å². The molecule has 2 rings (SSSR count). The minimum absolute atomic E-state index is 0.00481. The van der Waals surface area contributed by atoms with Crippen LogP contribution in [-0.4, -0.2) is 0 Å². The fourth-order valence-electron chi connectivity index (χ4n) is 1.08. The molecule has 1 aromatic carbocycles. The number of hydrogen-bond donors (Lipinski definition) is 1. The number of benzene rings is 1. The Kier molecular flexibility index (Phi) is 2.93. The van der Waals surface area contributed by atoms with Gasteiger partial charge in [0, 0.05) is 11.0 Å². The summed E-state index contributed by atoms with van der Waals surface area (Å²) in [6.07, 6.45) is 0. The molecule has 1 nitrogen and oxygen atoms in total. The second kappa shape index (κ2) is 4.20. The van der Waals surface area contributed by atoms with Crippen molar-refractivity contribution in [3.8, 4) is 0 Å². The second-order valence-corrected chi connectivity index (χ2v) is 5.12. The highest BCUT2D eigenvalue weighted by Crippen LogP contribution is 2.36. The third kappa shape index (κ3) is 2.30. The molecule has 5 heteroatoms. The van der Waals surface area contributed by atoms with Crippen molar-refractivity contribution in [1.29, 1.82) is 0 Å². The summed E-state index contributed by atoms with van der Waals surface area (Å²) in [5.41, 5.74) is 5.51.